The highest BCUT2D eigenvalue weighted by molar-refractivity contribution is 6.93. The van der Waals surface area contributed by atoms with Crippen LogP contribution in [-0.2, 0) is 16.2 Å². The van der Waals surface area contributed by atoms with E-state index in [1.54, 1.807) is 0 Å². The first-order valence-electron chi connectivity index (χ1n) is 25.4. The lowest BCUT2D eigenvalue weighted by Crippen LogP contribution is -2.62. The summed E-state index contributed by atoms with van der Waals surface area (Å²) < 4.78 is 2.63. The minimum Gasteiger partial charge on any atom is -0.376 e. The molecule has 11 aromatic rings. The van der Waals surface area contributed by atoms with E-state index in [1.807, 2.05) is 0 Å². The maximum atomic E-state index is 2.75. The van der Waals surface area contributed by atoms with E-state index in [9.17, 15) is 0 Å². The first-order valence-corrected chi connectivity index (χ1v) is 25.4. The third-order valence-corrected chi connectivity index (χ3v) is 16.6. The summed E-state index contributed by atoms with van der Waals surface area (Å²) in [6.07, 6.45) is 0. The van der Waals surface area contributed by atoms with Gasteiger partial charge in [-0.25, -0.2) is 0 Å². The van der Waals surface area contributed by atoms with Crippen molar-refractivity contribution in [3.05, 3.63) is 240 Å². The molecule has 0 bridgehead atoms. The molecule has 0 unspecified atom stereocenters. The second-order valence-electron chi connectivity index (χ2n) is 22.5. The molecule has 0 saturated heterocycles. The van der Waals surface area contributed by atoms with Gasteiger partial charge in [-0.05, 0) is 137 Å². The first kappa shape index (κ1) is 40.8. The van der Waals surface area contributed by atoms with Crippen LogP contribution in [-0.4, -0.2) is 11.4 Å². The Morgan fingerprint density at radius 2 is 0.972 bits per heavy atom. The molecule has 15 rings (SSSR count). The van der Waals surface area contributed by atoms with Crippen molar-refractivity contribution in [2.75, 3.05) is 9.71 Å². The second kappa shape index (κ2) is 14.0. The molecule has 3 aliphatic heterocycles. The number of rotatable bonds is 3. The van der Waals surface area contributed by atoms with Crippen molar-refractivity contribution in [2.45, 2.75) is 57.8 Å². The zero-order chi connectivity index (χ0) is 47.7. The van der Waals surface area contributed by atoms with Gasteiger partial charge >= 0.3 is 6.85 Å². The molecule has 0 atom stereocenters. The summed E-state index contributed by atoms with van der Waals surface area (Å²) in [5, 5.41) is 5.07. The molecule has 10 aromatic carbocycles. The largest absolute Gasteiger partial charge is 0.376 e. The van der Waals surface area contributed by atoms with Crippen LogP contribution in [0.5, 0.6) is 0 Å². The van der Waals surface area contributed by atoms with Gasteiger partial charge in [-0.1, -0.05) is 193 Å². The fraction of sp³-hybridized carbons (Fsp3) is 0.134. The van der Waals surface area contributed by atoms with Crippen LogP contribution in [0.25, 0.3) is 60.5 Å². The fourth-order valence-electron chi connectivity index (χ4n) is 13.5. The van der Waals surface area contributed by atoms with Gasteiger partial charge in [0.05, 0.1) is 16.4 Å². The standard InChI is InChI=1S/C67H52BN3/c1-65(2,3)43-29-33-45(34-30-43)69(46-35-31-44(32-36-46)66(4,5)6)47-39-53-51-21-15-26-57-63(51)71(59-28-14-13-25-56(59)67(57)54-23-11-9-19-48(54)49-20-10-12-24-55(49)67)68-58-27-16-22-50-52-37-41-17-7-8-18-42(41)38-60(52)70(64(50)58)61(40-47)62(53)68/h7-40H,1-6H3. The van der Waals surface area contributed by atoms with E-state index in [0.29, 0.717) is 0 Å². The molecule has 4 heteroatoms. The number of hydrogen-bond acceptors (Lipinski definition) is 2. The molecule has 1 spiro atoms. The molecule has 4 heterocycles. The second-order valence-corrected chi connectivity index (χ2v) is 22.5. The minimum absolute atomic E-state index is 0.0235. The number of anilines is 5. The van der Waals surface area contributed by atoms with Crippen LogP contribution in [0.2, 0.25) is 0 Å². The molecule has 4 aliphatic rings. The molecule has 0 amide bonds. The predicted molar refractivity (Wildman–Crippen MR) is 300 cm³/mol. The Labute approximate surface area is 416 Å². The van der Waals surface area contributed by atoms with Crippen molar-refractivity contribution in [1.29, 1.82) is 0 Å². The Balaban J connectivity index is 1.09. The van der Waals surface area contributed by atoms with Gasteiger partial charge in [-0.15, -0.1) is 0 Å². The van der Waals surface area contributed by atoms with E-state index in [-0.39, 0.29) is 17.7 Å². The van der Waals surface area contributed by atoms with E-state index >= 15 is 0 Å². The van der Waals surface area contributed by atoms with E-state index < -0.39 is 5.41 Å². The van der Waals surface area contributed by atoms with Crippen LogP contribution < -0.4 is 20.6 Å². The Morgan fingerprint density at radius 1 is 0.423 bits per heavy atom. The van der Waals surface area contributed by atoms with Crippen LogP contribution in [0.4, 0.5) is 28.4 Å². The number of fused-ring (bicyclic) bond motifs is 17. The molecule has 1 aromatic heterocycles. The van der Waals surface area contributed by atoms with Crippen molar-refractivity contribution in [1.82, 2.24) is 4.57 Å². The summed E-state index contributed by atoms with van der Waals surface area (Å²) in [4.78, 5) is 5.26. The zero-order valence-electron chi connectivity index (χ0n) is 41.0. The predicted octanol–water partition coefficient (Wildman–Crippen LogP) is 15.9. The zero-order valence-corrected chi connectivity index (χ0v) is 41.0. The molecule has 71 heavy (non-hydrogen) atoms. The quantitative estimate of drug-likeness (QED) is 0.164. The highest BCUT2D eigenvalue weighted by Crippen LogP contribution is 2.64. The summed E-state index contributed by atoms with van der Waals surface area (Å²) >= 11 is 0. The average molecular weight is 910 g/mol. The molecule has 0 fully saturated rings. The van der Waals surface area contributed by atoms with Crippen LogP contribution in [0.15, 0.2) is 206 Å². The topological polar surface area (TPSA) is 11.4 Å². The van der Waals surface area contributed by atoms with Crippen molar-refractivity contribution in [3.8, 4) is 27.9 Å². The maximum absolute atomic E-state index is 2.75. The molecular weight excluding hydrogens is 858 g/mol. The molecule has 0 saturated carbocycles. The van der Waals surface area contributed by atoms with Gasteiger partial charge in [0.2, 0.25) is 0 Å². The third-order valence-electron chi connectivity index (χ3n) is 16.6. The van der Waals surface area contributed by atoms with Gasteiger partial charge in [-0.2, -0.15) is 0 Å². The Morgan fingerprint density at radius 3 is 1.62 bits per heavy atom. The summed E-state index contributed by atoms with van der Waals surface area (Å²) in [6, 6.07) is 79.4. The Kier molecular flexibility index (Phi) is 8.07. The number of aromatic nitrogens is 1. The molecular formula is C67H52BN3. The van der Waals surface area contributed by atoms with Crippen LogP contribution in [0.1, 0.15) is 74.9 Å². The van der Waals surface area contributed by atoms with E-state index in [2.05, 4.69) is 262 Å². The Hall–Kier alpha value is -8.08. The average Bonchev–Trinajstić information content (AvgIpc) is 3.88. The lowest BCUT2D eigenvalue weighted by molar-refractivity contribution is 0.590. The third kappa shape index (κ3) is 5.35. The molecule has 3 nitrogen and oxygen atoms in total. The fourth-order valence-corrected chi connectivity index (χ4v) is 13.5. The Bertz CT molecular complexity index is 3980. The van der Waals surface area contributed by atoms with Crippen molar-refractivity contribution < 1.29 is 0 Å². The summed E-state index contributed by atoms with van der Waals surface area (Å²) in [6.45, 7) is 13.7. The van der Waals surface area contributed by atoms with Crippen LogP contribution in [0.3, 0.4) is 0 Å². The van der Waals surface area contributed by atoms with Gasteiger partial charge in [0.25, 0.3) is 0 Å². The number of hydrogen-bond donors (Lipinski definition) is 0. The smallest absolute Gasteiger partial charge is 0.333 e. The summed E-state index contributed by atoms with van der Waals surface area (Å²) in [5.41, 5.74) is 25.1. The monoisotopic (exact) mass is 909 g/mol. The van der Waals surface area contributed by atoms with E-state index in [1.165, 1.54) is 116 Å². The van der Waals surface area contributed by atoms with Crippen LogP contribution in [0, 0.1) is 0 Å². The summed E-state index contributed by atoms with van der Waals surface area (Å²) in [5.74, 6) is 0. The maximum Gasteiger partial charge on any atom is 0.333 e. The number of benzene rings is 10. The first-order chi connectivity index (χ1) is 34.5. The van der Waals surface area contributed by atoms with Crippen LogP contribution >= 0.6 is 0 Å². The van der Waals surface area contributed by atoms with Gasteiger partial charge in [0.15, 0.2) is 0 Å². The highest BCUT2D eigenvalue weighted by atomic mass is 15.2. The van der Waals surface area contributed by atoms with E-state index in [0.717, 1.165) is 17.1 Å². The number of para-hydroxylation sites is 3. The highest BCUT2D eigenvalue weighted by Gasteiger charge is 2.56. The van der Waals surface area contributed by atoms with Gasteiger partial charge in [-0.3, -0.25) is 0 Å². The van der Waals surface area contributed by atoms with Gasteiger partial charge in [0, 0.05) is 50.5 Å². The summed E-state index contributed by atoms with van der Waals surface area (Å²) in [7, 11) is 0. The van der Waals surface area contributed by atoms with Crippen molar-refractivity contribution in [2.24, 2.45) is 0 Å². The minimum atomic E-state index is -0.519. The lowest BCUT2D eigenvalue weighted by Gasteiger charge is -2.51. The SMILES string of the molecule is CC(C)(C)c1ccc(N(c2ccc(C(C)(C)C)cc2)c2cc3c4c(c2)-n2c5cc6ccccc6cc5c5cccc(c52)B4N2c4ccccc4C4(c5ccccc5-c5ccccc54)c4cccc-3c42)cc1. The van der Waals surface area contributed by atoms with Crippen molar-refractivity contribution >= 4 is 78.8 Å². The van der Waals surface area contributed by atoms with E-state index in [4.69, 9.17) is 0 Å². The normalized spacial score (nSPS) is 14.4. The molecule has 0 N–H and O–H groups in total. The van der Waals surface area contributed by atoms with Gasteiger partial charge in [0.1, 0.15) is 0 Å². The lowest BCUT2D eigenvalue weighted by atomic mass is 9.42. The number of nitrogens with zero attached hydrogens (tertiary/aromatic N) is 3. The molecule has 0 radical (unpaired) electrons. The van der Waals surface area contributed by atoms with Gasteiger partial charge < -0.3 is 14.3 Å². The molecule has 338 valence electrons. The molecule has 1 aliphatic carbocycles. The van der Waals surface area contributed by atoms with Crippen molar-refractivity contribution in [3.63, 3.8) is 0 Å².